The molecular weight excluding hydrogens is 391 g/mol. The Labute approximate surface area is 175 Å². The zero-order valence-corrected chi connectivity index (χ0v) is 18.0. The fraction of sp³-hybridized carbons (Fsp3) is 0.375. The molecule has 0 saturated heterocycles. The molecule has 0 spiro atoms. The summed E-state index contributed by atoms with van der Waals surface area (Å²) in [5, 5.41) is 20.5. The summed E-state index contributed by atoms with van der Waals surface area (Å²) in [4.78, 5) is 0. The quantitative estimate of drug-likeness (QED) is 0.434. The molecule has 0 atom stereocenters. The third-order valence-electron chi connectivity index (χ3n) is 4.58. The zero-order chi connectivity index (χ0) is 22.9. The second-order valence-corrected chi connectivity index (χ2v) is 9.21. The number of aromatic hydroxyl groups is 1. The van der Waals surface area contributed by atoms with Crippen molar-refractivity contribution in [3.8, 4) is 17.6 Å². The number of nitriles is 1. The van der Waals surface area contributed by atoms with E-state index >= 15 is 0 Å². The highest BCUT2D eigenvalue weighted by Gasteiger charge is 2.31. The van der Waals surface area contributed by atoms with E-state index in [9.17, 15) is 23.5 Å². The molecule has 0 radical (unpaired) electrons. The van der Waals surface area contributed by atoms with E-state index in [1.165, 1.54) is 24.3 Å². The van der Waals surface area contributed by atoms with Crippen LogP contribution in [0.25, 0.3) is 11.6 Å². The average Bonchev–Trinajstić information content (AvgIpc) is 2.58. The molecule has 2 aromatic carbocycles. The van der Waals surface area contributed by atoms with Crippen molar-refractivity contribution in [2.75, 3.05) is 0 Å². The summed E-state index contributed by atoms with van der Waals surface area (Å²) < 4.78 is 40.9. The number of ether oxygens (including phenoxy) is 1. The maximum absolute atomic E-state index is 12.3. The van der Waals surface area contributed by atoms with Gasteiger partial charge < -0.3 is 9.84 Å². The molecule has 0 amide bonds. The first-order valence-corrected chi connectivity index (χ1v) is 9.48. The smallest absolute Gasteiger partial charge is 0.507 e. The Hall–Kier alpha value is -2.94. The summed E-state index contributed by atoms with van der Waals surface area (Å²) in [6.07, 6.45) is -3.10. The summed E-state index contributed by atoms with van der Waals surface area (Å²) in [6, 6.07) is 10.9. The fourth-order valence-corrected chi connectivity index (χ4v) is 3.07. The third kappa shape index (κ3) is 5.79. The Morgan fingerprint density at radius 2 is 1.40 bits per heavy atom. The minimum atomic E-state index is -4.77. The molecule has 0 aromatic heterocycles. The monoisotopic (exact) mass is 417 g/mol. The van der Waals surface area contributed by atoms with Gasteiger partial charge in [0.05, 0.1) is 11.6 Å². The molecule has 0 fully saturated rings. The standard InChI is InChI=1S/C24H26F3NO2/c1-22(2,3)19-12-15(13-20(21(19)29)23(4,5)6)11-17(14-28)16-7-9-18(10-8-16)30-24(25,26)27/h7-13,29H,1-6H3/b17-11-. The lowest BCUT2D eigenvalue weighted by molar-refractivity contribution is -0.274. The lowest BCUT2D eigenvalue weighted by Gasteiger charge is -2.28. The van der Waals surface area contributed by atoms with Crippen molar-refractivity contribution in [3.05, 3.63) is 58.7 Å². The number of allylic oxidation sites excluding steroid dienone is 1. The molecule has 0 saturated carbocycles. The van der Waals surface area contributed by atoms with Gasteiger partial charge in [0.25, 0.3) is 0 Å². The van der Waals surface area contributed by atoms with Crippen molar-refractivity contribution in [3.63, 3.8) is 0 Å². The molecule has 6 heteroatoms. The lowest BCUT2D eigenvalue weighted by Crippen LogP contribution is -2.17. The van der Waals surface area contributed by atoms with Crippen molar-refractivity contribution in [2.24, 2.45) is 0 Å². The number of phenols is 1. The number of phenolic OH excluding ortho intramolecular Hbond substituents is 1. The molecule has 0 bridgehead atoms. The van der Waals surface area contributed by atoms with Gasteiger partial charge in [0.15, 0.2) is 0 Å². The minimum absolute atomic E-state index is 0.235. The van der Waals surface area contributed by atoms with Crippen LogP contribution < -0.4 is 4.74 Å². The van der Waals surface area contributed by atoms with Crippen LogP contribution in [-0.2, 0) is 10.8 Å². The van der Waals surface area contributed by atoms with Crippen molar-refractivity contribution in [1.29, 1.82) is 5.26 Å². The molecule has 0 aliphatic rings. The van der Waals surface area contributed by atoms with Gasteiger partial charge in [-0.15, -0.1) is 13.2 Å². The molecule has 1 N–H and O–H groups in total. The molecule has 2 rings (SSSR count). The van der Waals surface area contributed by atoms with Gasteiger partial charge in [-0.3, -0.25) is 0 Å². The topological polar surface area (TPSA) is 53.2 Å². The predicted octanol–water partition coefficient (Wildman–Crippen LogP) is 6.95. The number of hydrogen-bond acceptors (Lipinski definition) is 3. The van der Waals surface area contributed by atoms with Crippen molar-refractivity contribution >= 4 is 11.6 Å². The normalized spacial score (nSPS) is 13.1. The number of benzene rings is 2. The van der Waals surface area contributed by atoms with E-state index in [1.807, 2.05) is 53.7 Å². The second-order valence-electron chi connectivity index (χ2n) is 9.21. The highest BCUT2D eigenvalue weighted by molar-refractivity contribution is 5.90. The Kier molecular flexibility index (Phi) is 6.27. The average molecular weight is 417 g/mol. The van der Waals surface area contributed by atoms with Crippen LogP contribution in [0.4, 0.5) is 13.2 Å². The van der Waals surface area contributed by atoms with Crippen LogP contribution >= 0.6 is 0 Å². The zero-order valence-electron chi connectivity index (χ0n) is 18.0. The molecule has 0 unspecified atom stereocenters. The maximum Gasteiger partial charge on any atom is 0.573 e. The van der Waals surface area contributed by atoms with Gasteiger partial charge in [-0.25, -0.2) is 0 Å². The predicted molar refractivity (Wildman–Crippen MR) is 112 cm³/mol. The summed E-state index contributed by atoms with van der Waals surface area (Å²) in [5.74, 6) is -0.113. The highest BCUT2D eigenvalue weighted by atomic mass is 19.4. The van der Waals surface area contributed by atoms with Gasteiger partial charge in [-0.05, 0) is 64.4 Å². The van der Waals surface area contributed by atoms with Gasteiger partial charge in [-0.2, -0.15) is 5.26 Å². The van der Waals surface area contributed by atoms with Gasteiger partial charge in [0.1, 0.15) is 11.5 Å². The summed E-state index contributed by atoms with van der Waals surface area (Å²) in [6.45, 7) is 12.0. The molecule has 160 valence electrons. The number of nitrogens with zero attached hydrogens (tertiary/aromatic N) is 1. The van der Waals surface area contributed by atoms with E-state index in [-0.39, 0.29) is 22.3 Å². The van der Waals surface area contributed by atoms with Gasteiger partial charge in [0.2, 0.25) is 0 Å². The van der Waals surface area contributed by atoms with E-state index in [0.29, 0.717) is 11.1 Å². The Morgan fingerprint density at radius 3 is 1.77 bits per heavy atom. The maximum atomic E-state index is 12.3. The third-order valence-corrected chi connectivity index (χ3v) is 4.58. The van der Waals surface area contributed by atoms with E-state index in [0.717, 1.165) is 16.7 Å². The fourth-order valence-electron chi connectivity index (χ4n) is 3.07. The van der Waals surface area contributed by atoms with Crippen LogP contribution in [0.5, 0.6) is 11.5 Å². The Bertz CT molecular complexity index is 949. The number of alkyl halides is 3. The van der Waals surface area contributed by atoms with Crippen LogP contribution in [0, 0.1) is 11.3 Å². The first kappa shape index (κ1) is 23.3. The molecule has 30 heavy (non-hydrogen) atoms. The van der Waals surface area contributed by atoms with E-state index in [4.69, 9.17) is 0 Å². The van der Waals surface area contributed by atoms with Crippen molar-refractivity contribution < 1.29 is 23.0 Å². The SMILES string of the molecule is CC(C)(C)c1cc(/C=C(/C#N)c2ccc(OC(F)(F)F)cc2)cc(C(C)(C)C)c1O. The van der Waals surface area contributed by atoms with E-state index in [2.05, 4.69) is 10.8 Å². The van der Waals surface area contributed by atoms with Crippen molar-refractivity contribution in [1.82, 2.24) is 0 Å². The van der Waals surface area contributed by atoms with Gasteiger partial charge >= 0.3 is 6.36 Å². The molecule has 0 aliphatic carbocycles. The molecule has 2 aromatic rings. The molecular formula is C24H26F3NO2. The number of hydrogen-bond donors (Lipinski definition) is 1. The largest absolute Gasteiger partial charge is 0.573 e. The Morgan fingerprint density at radius 1 is 0.933 bits per heavy atom. The first-order valence-electron chi connectivity index (χ1n) is 9.48. The van der Waals surface area contributed by atoms with Crippen LogP contribution in [-0.4, -0.2) is 11.5 Å². The second kappa shape index (κ2) is 8.06. The van der Waals surface area contributed by atoms with Crippen LogP contribution in [0.1, 0.15) is 63.8 Å². The Balaban J connectivity index is 2.55. The van der Waals surface area contributed by atoms with Crippen molar-refractivity contribution in [2.45, 2.75) is 58.7 Å². The molecule has 3 nitrogen and oxygen atoms in total. The molecule has 0 aliphatic heterocycles. The summed E-state index contributed by atoms with van der Waals surface area (Å²) in [5.41, 5.74) is 2.36. The summed E-state index contributed by atoms with van der Waals surface area (Å²) in [7, 11) is 0. The summed E-state index contributed by atoms with van der Waals surface area (Å²) >= 11 is 0. The van der Waals surface area contributed by atoms with Gasteiger partial charge in [0, 0.05) is 11.1 Å². The number of halogens is 3. The van der Waals surface area contributed by atoms with Gasteiger partial charge in [-0.1, -0.05) is 41.5 Å². The minimum Gasteiger partial charge on any atom is -0.507 e. The van der Waals surface area contributed by atoms with Crippen LogP contribution in [0.15, 0.2) is 36.4 Å². The van der Waals surface area contributed by atoms with E-state index < -0.39 is 6.36 Å². The number of rotatable bonds is 3. The molecule has 0 heterocycles. The lowest BCUT2D eigenvalue weighted by atomic mass is 9.78. The van der Waals surface area contributed by atoms with Crippen LogP contribution in [0.2, 0.25) is 0 Å². The van der Waals surface area contributed by atoms with E-state index in [1.54, 1.807) is 6.08 Å². The van der Waals surface area contributed by atoms with Crippen LogP contribution in [0.3, 0.4) is 0 Å². The highest BCUT2D eigenvalue weighted by Crippen LogP contribution is 2.40. The first-order chi connectivity index (χ1) is 13.6.